The fourth-order valence-electron chi connectivity index (χ4n) is 2.72. The summed E-state index contributed by atoms with van der Waals surface area (Å²) < 4.78 is 5.92. The maximum atomic E-state index is 5.92. The first kappa shape index (κ1) is 13.6. The average Bonchev–Trinajstić information content (AvgIpc) is 2.65. The Hall–Kier alpha value is -0.800. The van der Waals surface area contributed by atoms with Crippen molar-refractivity contribution in [1.82, 2.24) is 10.2 Å². The molecule has 0 spiro atoms. The van der Waals surface area contributed by atoms with Gasteiger partial charge < -0.3 is 9.73 Å². The van der Waals surface area contributed by atoms with Crippen LogP contribution in [-0.4, -0.2) is 25.0 Å². The van der Waals surface area contributed by atoms with Crippen molar-refractivity contribution in [1.29, 1.82) is 0 Å². The molecule has 102 valence electrons. The van der Waals surface area contributed by atoms with Gasteiger partial charge in [0, 0.05) is 6.54 Å². The van der Waals surface area contributed by atoms with Gasteiger partial charge in [-0.3, -0.25) is 4.90 Å². The zero-order valence-electron chi connectivity index (χ0n) is 12.1. The van der Waals surface area contributed by atoms with Crippen molar-refractivity contribution in [3.8, 4) is 0 Å². The molecule has 1 N–H and O–H groups in total. The Kier molecular flexibility index (Phi) is 4.46. The number of nitrogens with one attached hydrogen (secondary N) is 1. The number of likely N-dealkylation sites (tertiary alicyclic amines) is 1. The maximum absolute atomic E-state index is 5.92. The minimum absolute atomic E-state index is 0.798. The minimum atomic E-state index is 0.798. The van der Waals surface area contributed by atoms with Gasteiger partial charge in [-0.1, -0.05) is 13.8 Å². The Morgan fingerprint density at radius 3 is 2.83 bits per heavy atom. The van der Waals surface area contributed by atoms with E-state index in [2.05, 4.69) is 37.1 Å². The molecule has 0 aromatic carbocycles. The van der Waals surface area contributed by atoms with Gasteiger partial charge in [0.1, 0.15) is 11.5 Å². The molecule has 0 bridgehead atoms. The fourth-order valence-corrected chi connectivity index (χ4v) is 2.72. The lowest BCUT2D eigenvalue weighted by Crippen LogP contribution is -2.37. The molecule has 1 aromatic rings. The molecule has 18 heavy (non-hydrogen) atoms. The molecule has 2 unspecified atom stereocenters. The molecule has 2 atom stereocenters. The molecule has 1 saturated heterocycles. The third-order valence-corrected chi connectivity index (χ3v) is 4.21. The number of rotatable bonds is 4. The Bertz CT molecular complexity index is 386. The molecule has 1 aromatic heterocycles. The summed E-state index contributed by atoms with van der Waals surface area (Å²) in [6.07, 6.45) is 1.31. The van der Waals surface area contributed by atoms with E-state index in [9.17, 15) is 0 Å². The maximum Gasteiger partial charge on any atom is 0.120 e. The zero-order chi connectivity index (χ0) is 13.1. The fraction of sp³-hybridized carbons (Fsp3) is 0.733. The summed E-state index contributed by atoms with van der Waals surface area (Å²) in [5.74, 6) is 3.84. The zero-order valence-corrected chi connectivity index (χ0v) is 12.1. The van der Waals surface area contributed by atoms with Crippen LogP contribution in [0.5, 0.6) is 0 Å². The van der Waals surface area contributed by atoms with Crippen LogP contribution in [0.4, 0.5) is 0 Å². The first-order valence-electron chi connectivity index (χ1n) is 7.05. The number of furan rings is 1. The summed E-state index contributed by atoms with van der Waals surface area (Å²) in [6.45, 7) is 11.0. The molecule has 0 amide bonds. The molecule has 1 aliphatic rings. The van der Waals surface area contributed by atoms with Crippen LogP contribution in [-0.2, 0) is 13.1 Å². The summed E-state index contributed by atoms with van der Waals surface area (Å²) in [4.78, 5) is 2.52. The van der Waals surface area contributed by atoms with Crippen LogP contribution < -0.4 is 5.32 Å². The standard InChI is InChI=1S/C15H26N2O/c1-11-5-6-17(9-13(11)3)10-14-7-12(2)15(18-14)8-16-4/h7,11,13,16H,5-6,8-10H2,1-4H3. The van der Waals surface area contributed by atoms with Crippen LogP contribution in [0.3, 0.4) is 0 Å². The number of hydrogen-bond donors (Lipinski definition) is 1. The average molecular weight is 250 g/mol. The largest absolute Gasteiger partial charge is 0.463 e. The van der Waals surface area contributed by atoms with Crippen LogP contribution >= 0.6 is 0 Å². The topological polar surface area (TPSA) is 28.4 Å². The van der Waals surface area contributed by atoms with Gasteiger partial charge in [0.05, 0.1) is 13.1 Å². The third-order valence-electron chi connectivity index (χ3n) is 4.21. The van der Waals surface area contributed by atoms with E-state index >= 15 is 0 Å². The summed E-state index contributed by atoms with van der Waals surface area (Å²) in [5, 5.41) is 3.15. The smallest absolute Gasteiger partial charge is 0.120 e. The predicted molar refractivity (Wildman–Crippen MR) is 74.4 cm³/mol. The normalized spacial score (nSPS) is 25.6. The summed E-state index contributed by atoms with van der Waals surface area (Å²) in [7, 11) is 1.95. The van der Waals surface area contributed by atoms with Gasteiger partial charge >= 0.3 is 0 Å². The summed E-state index contributed by atoms with van der Waals surface area (Å²) in [5.41, 5.74) is 1.26. The van der Waals surface area contributed by atoms with Crippen molar-refractivity contribution >= 4 is 0 Å². The summed E-state index contributed by atoms with van der Waals surface area (Å²) >= 11 is 0. The van der Waals surface area contributed by atoms with Crippen molar-refractivity contribution in [2.45, 2.75) is 40.3 Å². The van der Waals surface area contributed by atoms with Crippen LogP contribution in [0.25, 0.3) is 0 Å². The van der Waals surface area contributed by atoms with Gasteiger partial charge in [0.2, 0.25) is 0 Å². The van der Waals surface area contributed by atoms with Gasteiger partial charge in [0.25, 0.3) is 0 Å². The highest BCUT2D eigenvalue weighted by atomic mass is 16.3. The Morgan fingerprint density at radius 1 is 1.39 bits per heavy atom. The van der Waals surface area contributed by atoms with E-state index in [1.165, 1.54) is 25.1 Å². The highest BCUT2D eigenvalue weighted by molar-refractivity contribution is 5.20. The molecule has 3 nitrogen and oxygen atoms in total. The van der Waals surface area contributed by atoms with Gasteiger partial charge in [-0.05, 0) is 50.4 Å². The number of nitrogens with zero attached hydrogens (tertiary/aromatic N) is 1. The Morgan fingerprint density at radius 2 is 2.17 bits per heavy atom. The Labute approximate surface area is 111 Å². The molecule has 3 heteroatoms. The molecule has 0 saturated carbocycles. The van der Waals surface area contributed by atoms with Crippen molar-refractivity contribution in [3.63, 3.8) is 0 Å². The lowest BCUT2D eigenvalue weighted by atomic mass is 9.89. The lowest BCUT2D eigenvalue weighted by molar-refractivity contribution is 0.124. The van der Waals surface area contributed by atoms with Crippen LogP contribution in [0, 0.1) is 18.8 Å². The molecular weight excluding hydrogens is 224 g/mol. The van der Waals surface area contributed by atoms with E-state index in [-0.39, 0.29) is 0 Å². The van der Waals surface area contributed by atoms with Gasteiger partial charge in [0.15, 0.2) is 0 Å². The second kappa shape index (κ2) is 5.89. The van der Waals surface area contributed by atoms with Crippen LogP contribution in [0.15, 0.2) is 10.5 Å². The van der Waals surface area contributed by atoms with E-state index in [0.29, 0.717) is 0 Å². The van der Waals surface area contributed by atoms with E-state index in [1.54, 1.807) is 0 Å². The predicted octanol–water partition coefficient (Wildman–Crippen LogP) is 2.79. The van der Waals surface area contributed by atoms with E-state index < -0.39 is 0 Å². The van der Waals surface area contributed by atoms with E-state index in [1.807, 2.05) is 7.05 Å². The van der Waals surface area contributed by atoms with Gasteiger partial charge in [-0.15, -0.1) is 0 Å². The first-order valence-corrected chi connectivity index (χ1v) is 7.05. The first-order chi connectivity index (χ1) is 8.60. The molecule has 1 fully saturated rings. The molecule has 2 heterocycles. The third kappa shape index (κ3) is 3.15. The monoisotopic (exact) mass is 250 g/mol. The van der Waals surface area contributed by atoms with Crippen molar-refractivity contribution in [3.05, 3.63) is 23.2 Å². The van der Waals surface area contributed by atoms with Crippen LogP contribution in [0.2, 0.25) is 0 Å². The highest BCUT2D eigenvalue weighted by Crippen LogP contribution is 2.24. The molecule has 2 rings (SSSR count). The second-order valence-corrected chi connectivity index (χ2v) is 5.83. The SMILES string of the molecule is CNCc1oc(CN2CCC(C)C(C)C2)cc1C. The minimum Gasteiger partial charge on any atom is -0.463 e. The highest BCUT2D eigenvalue weighted by Gasteiger charge is 2.23. The van der Waals surface area contributed by atoms with Crippen molar-refractivity contribution in [2.24, 2.45) is 11.8 Å². The number of piperidine rings is 1. The van der Waals surface area contributed by atoms with Crippen LogP contribution in [0.1, 0.15) is 37.4 Å². The van der Waals surface area contributed by atoms with E-state index in [0.717, 1.165) is 36.4 Å². The number of aryl methyl sites for hydroxylation is 1. The summed E-state index contributed by atoms with van der Waals surface area (Å²) in [6, 6.07) is 2.19. The van der Waals surface area contributed by atoms with Crippen molar-refractivity contribution < 1.29 is 4.42 Å². The second-order valence-electron chi connectivity index (χ2n) is 5.83. The van der Waals surface area contributed by atoms with Crippen molar-refractivity contribution in [2.75, 3.05) is 20.1 Å². The number of hydrogen-bond acceptors (Lipinski definition) is 3. The molecule has 0 aliphatic carbocycles. The lowest BCUT2D eigenvalue weighted by Gasteiger charge is -2.34. The molecule has 0 radical (unpaired) electrons. The van der Waals surface area contributed by atoms with Gasteiger partial charge in [-0.2, -0.15) is 0 Å². The molecule has 1 aliphatic heterocycles. The van der Waals surface area contributed by atoms with E-state index in [4.69, 9.17) is 4.42 Å². The Balaban J connectivity index is 1.95. The molecular formula is C15H26N2O. The quantitative estimate of drug-likeness (QED) is 0.890. The van der Waals surface area contributed by atoms with Gasteiger partial charge in [-0.25, -0.2) is 0 Å².